The number of fused-ring (bicyclic) bond motifs is 1. The van der Waals surface area contributed by atoms with Gasteiger partial charge in [0, 0.05) is 19.0 Å². The third-order valence-electron chi connectivity index (χ3n) is 4.07. The number of likely N-dealkylation sites (tertiary alicyclic amines) is 1. The Morgan fingerprint density at radius 2 is 2.29 bits per heavy atom. The van der Waals surface area contributed by atoms with Crippen LogP contribution in [0.2, 0.25) is 0 Å². The van der Waals surface area contributed by atoms with Crippen LogP contribution in [0.25, 0.3) is 0 Å². The van der Waals surface area contributed by atoms with Gasteiger partial charge < -0.3 is 9.52 Å². The van der Waals surface area contributed by atoms with Crippen LogP contribution < -0.4 is 0 Å². The minimum Gasteiger partial charge on any atom is -0.457 e. The molecule has 1 saturated heterocycles. The summed E-state index contributed by atoms with van der Waals surface area (Å²) in [7, 11) is 0. The van der Waals surface area contributed by atoms with Crippen molar-refractivity contribution >= 4 is 6.29 Å². The maximum Gasteiger partial charge on any atom is 0.185 e. The second-order valence-corrected chi connectivity index (χ2v) is 5.18. The highest BCUT2D eigenvalue weighted by Crippen LogP contribution is 2.38. The van der Waals surface area contributed by atoms with Gasteiger partial charge in [0.1, 0.15) is 5.76 Å². The quantitative estimate of drug-likeness (QED) is 0.802. The third-order valence-corrected chi connectivity index (χ3v) is 4.07. The standard InChI is InChI=1S/C13H17NO3/c15-8-11-3-2-10(17-11)6-14-5-9-1-4-13(16)12(9)7-14/h2-3,8-9,12-13,16H,1,4-7H2. The Bertz CT molecular complexity index is 415. The average molecular weight is 235 g/mol. The molecule has 2 heterocycles. The molecule has 0 bridgehead atoms. The van der Waals surface area contributed by atoms with E-state index in [4.69, 9.17) is 4.42 Å². The van der Waals surface area contributed by atoms with Crippen molar-refractivity contribution in [2.24, 2.45) is 11.8 Å². The molecule has 3 unspecified atom stereocenters. The lowest BCUT2D eigenvalue weighted by atomic mass is 10.00. The van der Waals surface area contributed by atoms with Crippen molar-refractivity contribution in [3.05, 3.63) is 23.7 Å². The number of hydrogen-bond acceptors (Lipinski definition) is 4. The van der Waals surface area contributed by atoms with Gasteiger partial charge in [-0.2, -0.15) is 0 Å². The van der Waals surface area contributed by atoms with Gasteiger partial charge in [-0.3, -0.25) is 9.69 Å². The fraction of sp³-hybridized carbons (Fsp3) is 0.615. The third kappa shape index (κ3) is 2.03. The largest absolute Gasteiger partial charge is 0.457 e. The Hall–Kier alpha value is -1.13. The Balaban J connectivity index is 1.62. The number of aliphatic hydroxyl groups is 1. The molecule has 3 atom stereocenters. The first-order valence-electron chi connectivity index (χ1n) is 6.20. The Labute approximate surface area is 100 Å². The van der Waals surface area contributed by atoms with Crippen LogP contribution in [0.15, 0.2) is 16.5 Å². The molecule has 1 aromatic heterocycles. The van der Waals surface area contributed by atoms with E-state index in [0.717, 1.165) is 44.5 Å². The summed E-state index contributed by atoms with van der Waals surface area (Å²) in [5.74, 6) is 2.31. The number of aldehydes is 1. The second kappa shape index (κ2) is 4.27. The molecule has 0 aromatic carbocycles. The van der Waals surface area contributed by atoms with Crippen molar-refractivity contribution in [3.8, 4) is 0 Å². The lowest BCUT2D eigenvalue weighted by molar-refractivity contribution is 0.109. The first-order chi connectivity index (χ1) is 8.26. The van der Waals surface area contributed by atoms with Crippen LogP contribution in [0.3, 0.4) is 0 Å². The van der Waals surface area contributed by atoms with Gasteiger partial charge >= 0.3 is 0 Å². The first-order valence-corrected chi connectivity index (χ1v) is 6.20. The zero-order valence-electron chi connectivity index (χ0n) is 9.71. The molecule has 2 fully saturated rings. The van der Waals surface area contributed by atoms with Crippen LogP contribution in [0.1, 0.15) is 29.2 Å². The monoisotopic (exact) mass is 235 g/mol. The topological polar surface area (TPSA) is 53.7 Å². The van der Waals surface area contributed by atoms with Crippen molar-refractivity contribution in [3.63, 3.8) is 0 Å². The summed E-state index contributed by atoms with van der Waals surface area (Å²) in [6.07, 6.45) is 2.71. The van der Waals surface area contributed by atoms with Gasteiger partial charge in [-0.1, -0.05) is 0 Å². The molecule has 4 heteroatoms. The van der Waals surface area contributed by atoms with Crippen LogP contribution in [0.4, 0.5) is 0 Å². The van der Waals surface area contributed by atoms with E-state index in [9.17, 15) is 9.90 Å². The lowest BCUT2D eigenvalue weighted by Gasteiger charge is -2.16. The van der Waals surface area contributed by atoms with E-state index < -0.39 is 0 Å². The molecule has 4 nitrogen and oxygen atoms in total. The molecule has 0 amide bonds. The van der Waals surface area contributed by atoms with Crippen LogP contribution >= 0.6 is 0 Å². The number of rotatable bonds is 3. The highest BCUT2D eigenvalue weighted by atomic mass is 16.3. The Kier molecular flexibility index (Phi) is 2.76. The molecule has 0 spiro atoms. The van der Waals surface area contributed by atoms with E-state index in [-0.39, 0.29) is 6.10 Å². The molecule has 17 heavy (non-hydrogen) atoms. The minimum absolute atomic E-state index is 0.118. The minimum atomic E-state index is -0.118. The van der Waals surface area contributed by atoms with E-state index in [0.29, 0.717) is 17.6 Å². The average Bonchev–Trinajstić information content (AvgIpc) is 2.98. The molecule has 1 aliphatic carbocycles. The molecule has 2 aliphatic rings. The SMILES string of the molecule is O=Cc1ccc(CN2CC3CCC(O)C3C2)o1. The summed E-state index contributed by atoms with van der Waals surface area (Å²) in [6.45, 7) is 2.73. The second-order valence-electron chi connectivity index (χ2n) is 5.18. The van der Waals surface area contributed by atoms with Crippen LogP contribution in [0, 0.1) is 11.8 Å². The fourth-order valence-electron chi connectivity index (χ4n) is 3.22. The maximum atomic E-state index is 10.5. The van der Waals surface area contributed by atoms with Crippen molar-refractivity contribution in [1.29, 1.82) is 0 Å². The number of nitrogens with zero attached hydrogens (tertiary/aromatic N) is 1. The van der Waals surface area contributed by atoms with E-state index in [1.807, 2.05) is 6.07 Å². The molecule has 1 aromatic rings. The number of aliphatic hydroxyl groups excluding tert-OH is 1. The van der Waals surface area contributed by atoms with Crippen molar-refractivity contribution < 1.29 is 14.3 Å². The molecular weight excluding hydrogens is 218 g/mol. The van der Waals surface area contributed by atoms with Crippen LogP contribution in [0.5, 0.6) is 0 Å². The summed E-state index contributed by atoms with van der Waals surface area (Å²) < 4.78 is 5.37. The van der Waals surface area contributed by atoms with Crippen molar-refractivity contribution in [2.75, 3.05) is 13.1 Å². The molecule has 3 rings (SSSR count). The van der Waals surface area contributed by atoms with Gasteiger partial charge in [0.2, 0.25) is 0 Å². The molecular formula is C13H17NO3. The first kappa shape index (κ1) is 11.0. The highest BCUT2D eigenvalue weighted by Gasteiger charge is 2.41. The predicted octanol–water partition coefficient (Wildman–Crippen LogP) is 1.29. The van der Waals surface area contributed by atoms with E-state index in [1.165, 1.54) is 0 Å². The van der Waals surface area contributed by atoms with Crippen molar-refractivity contribution in [1.82, 2.24) is 4.90 Å². The van der Waals surface area contributed by atoms with Gasteiger partial charge in [-0.15, -0.1) is 0 Å². The highest BCUT2D eigenvalue weighted by molar-refractivity contribution is 5.70. The van der Waals surface area contributed by atoms with Gasteiger partial charge in [0.05, 0.1) is 12.6 Å². The lowest BCUT2D eigenvalue weighted by Crippen LogP contribution is -2.24. The van der Waals surface area contributed by atoms with E-state index in [1.54, 1.807) is 6.07 Å². The zero-order valence-corrected chi connectivity index (χ0v) is 9.71. The fourth-order valence-corrected chi connectivity index (χ4v) is 3.22. The number of carbonyl (C=O) groups excluding carboxylic acids is 1. The van der Waals surface area contributed by atoms with E-state index >= 15 is 0 Å². The molecule has 0 radical (unpaired) electrons. The number of hydrogen-bond donors (Lipinski definition) is 1. The summed E-state index contributed by atoms with van der Waals surface area (Å²) in [4.78, 5) is 12.8. The normalized spacial score (nSPS) is 32.9. The van der Waals surface area contributed by atoms with Gasteiger partial charge in [0.25, 0.3) is 0 Å². The van der Waals surface area contributed by atoms with Crippen LogP contribution in [-0.4, -0.2) is 35.5 Å². The smallest absolute Gasteiger partial charge is 0.185 e. The number of carbonyl (C=O) groups is 1. The summed E-state index contributed by atoms with van der Waals surface area (Å²) in [6, 6.07) is 3.56. The summed E-state index contributed by atoms with van der Waals surface area (Å²) in [5, 5.41) is 9.83. The molecule has 92 valence electrons. The molecule has 1 saturated carbocycles. The summed E-state index contributed by atoms with van der Waals surface area (Å²) in [5.41, 5.74) is 0. The van der Waals surface area contributed by atoms with E-state index in [2.05, 4.69) is 4.90 Å². The van der Waals surface area contributed by atoms with Crippen molar-refractivity contribution in [2.45, 2.75) is 25.5 Å². The zero-order chi connectivity index (χ0) is 11.8. The van der Waals surface area contributed by atoms with Crippen LogP contribution in [-0.2, 0) is 6.54 Å². The summed E-state index contributed by atoms with van der Waals surface area (Å²) >= 11 is 0. The number of furan rings is 1. The van der Waals surface area contributed by atoms with Gasteiger partial charge in [-0.25, -0.2) is 0 Å². The molecule has 1 aliphatic heterocycles. The predicted molar refractivity (Wildman–Crippen MR) is 61.6 cm³/mol. The van der Waals surface area contributed by atoms with Gasteiger partial charge in [0.15, 0.2) is 12.0 Å². The Morgan fingerprint density at radius 3 is 3.00 bits per heavy atom. The Morgan fingerprint density at radius 1 is 1.41 bits per heavy atom. The van der Waals surface area contributed by atoms with Gasteiger partial charge in [-0.05, 0) is 30.9 Å². The maximum absolute atomic E-state index is 10.5. The molecule has 1 N–H and O–H groups in total.